The summed E-state index contributed by atoms with van der Waals surface area (Å²) in [6.45, 7) is 0.643. The summed E-state index contributed by atoms with van der Waals surface area (Å²) in [5.74, 6) is -4.21. The van der Waals surface area contributed by atoms with E-state index >= 15 is 0 Å². The zero-order chi connectivity index (χ0) is 29.1. The number of aliphatic carboxylic acids is 2. The van der Waals surface area contributed by atoms with Crippen molar-refractivity contribution < 1.29 is 34.2 Å². The highest BCUT2D eigenvalue weighted by Crippen LogP contribution is 2.07. The van der Waals surface area contributed by atoms with Gasteiger partial charge in [-0.15, -0.1) is 0 Å². The maximum atomic E-state index is 13.1. The number of aliphatic imine (C=N–C) groups is 1. The van der Waals surface area contributed by atoms with Gasteiger partial charge in [-0.2, -0.15) is 11.8 Å². The molecule has 0 rings (SSSR count). The van der Waals surface area contributed by atoms with Crippen LogP contribution in [0.1, 0.15) is 51.4 Å². The van der Waals surface area contributed by atoms with Crippen molar-refractivity contribution in [1.29, 1.82) is 0 Å². The molecule has 15 nitrogen and oxygen atoms in total. The number of hydrogen-bond acceptors (Lipinski definition) is 9. The number of amides is 3. The van der Waals surface area contributed by atoms with Gasteiger partial charge >= 0.3 is 11.9 Å². The maximum Gasteiger partial charge on any atom is 0.326 e. The quantitative estimate of drug-likeness (QED) is 0.0404. The Hall–Kier alpha value is -3.11. The Labute approximate surface area is 226 Å². The molecule has 0 aliphatic rings. The van der Waals surface area contributed by atoms with E-state index in [4.69, 9.17) is 28.0 Å². The molecule has 0 aromatic heterocycles. The molecule has 0 spiro atoms. The van der Waals surface area contributed by atoms with Crippen LogP contribution in [0.3, 0.4) is 0 Å². The predicted octanol–water partition coefficient (Wildman–Crippen LogP) is -2.35. The number of guanidine groups is 1. The van der Waals surface area contributed by atoms with Crippen molar-refractivity contribution in [2.75, 3.05) is 25.1 Å². The highest BCUT2D eigenvalue weighted by atomic mass is 32.2. The van der Waals surface area contributed by atoms with Gasteiger partial charge in [0.15, 0.2) is 5.96 Å². The van der Waals surface area contributed by atoms with E-state index in [1.165, 1.54) is 11.8 Å². The smallest absolute Gasteiger partial charge is 0.326 e. The van der Waals surface area contributed by atoms with Crippen molar-refractivity contribution in [3.8, 4) is 0 Å². The predicted molar refractivity (Wildman–Crippen MR) is 144 cm³/mol. The van der Waals surface area contributed by atoms with Crippen LogP contribution in [0, 0.1) is 0 Å². The molecule has 0 aliphatic heterocycles. The molecule has 4 unspecified atom stereocenters. The van der Waals surface area contributed by atoms with Crippen molar-refractivity contribution in [2.24, 2.45) is 27.9 Å². The third kappa shape index (κ3) is 15.9. The number of carbonyl (C=O) groups excluding carboxylic acids is 3. The summed E-state index contributed by atoms with van der Waals surface area (Å²) in [4.78, 5) is 65.0. The Kier molecular flexibility index (Phi) is 18.3. The molecule has 0 aliphatic carbocycles. The standard InChI is InChI=1S/C22H42N8O7S/c1-38-12-9-15(28-18(33)13(24)5-4-11-27-22(25)26)20(35)29-14(7-8-17(31)32)19(34)30-16(21(36)37)6-2-3-10-23/h13-16H,2-12,23-24H2,1H3,(H,28,33)(H,29,35)(H,30,34)(H,31,32)(H,36,37)(H4,25,26,27). The Morgan fingerprint density at radius 3 is 1.92 bits per heavy atom. The number of carbonyl (C=O) groups is 5. The fourth-order valence-corrected chi connectivity index (χ4v) is 3.74. The van der Waals surface area contributed by atoms with E-state index in [1.54, 1.807) is 0 Å². The van der Waals surface area contributed by atoms with Crippen molar-refractivity contribution in [1.82, 2.24) is 16.0 Å². The minimum absolute atomic E-state index is 0.0800. The fourth-order valence-electron chi connectivity index (χ4n) is 3.27. The van der Waals surface area contributed by atoms with Crippen LogP contribution in [0.15, 0.2) is 4.99 Å². The van der Waals surface area contributed by atoms with Gasteiger partial charge in [-0.1, -0.05) is 0 Å². The molecule has 0 heterocycles. The number of rotatable bonds is 21. The zero-order valence-corrected chi connectivity index (χ0v) is 22.5. The number of nitrogens with zero attached hydrogens (tertiary/aromatic N) is 1. The van der Waals surface area contributed by atoms with Crippen molar-refractivity contribution in [3.63, 3.8) is 0 Å². The van der Waals surface area contributed by atoms with Gasteiger partial charge in [-0.25, -0.2) is 4.79 Å². The SMILES string of the molecule is CSCCC(NC(=O)C(N)CCCN=C(N)N)C(=O)NC(CCC(=O)O)C(=O)NC(CCCCN)C(=O)O. The van der Waals surface area contributed by atoms with Gasteiger partial charge in [0.1, 0.15) is 18.1 Å². The van der Waals surface area contributed by atoms with Crippen LogP contribution in [-0.4, -0.2) is 95.1 Å². The number of hydrogen-bond donors (Lipinski definition) is 9. The Morgan fingerprint density at radius 1 is 0.816 bits per heavy atom. The summed E-state index contributed by atoms with van der Waals surface area (Å²) in [5, 5.41) is 25.9. The summed E-state index contributed by atoms with van der Waals surface area (Å²) < 4.78 is 0. The normalized spacial score (nSPS) is 13.9. The van der Waals surface area contributed by atoms with E-state index in [0.29, 0.717) is 31.6 Å². The first-order valence-electron chi connectivity index (χ1n) is 12.3. The fraction of sp³-hybridized carbons (Fsp3) is 0.727. The first kappa shape index (κ1) is 34.9. The van der Waals surface area contributed by atoms with Crippen molar-refractivity contribution >= 4 is 47.4 Å². The van der Waals surface area contributed by atoms with Crippen LogP contribution >= 0.6 is 11.8 Å². The Balaban J connectivity index is 5.42. The molecule has 0 bridgehead atoms. The minimum atomic E-state index is -1.34. The van der Waals surface area contributed by atoms with Gasteiger partial charge < -0.3 is 49.1 Å². The van der Waals surface area contributed by atoms with Gasteiger partial charge in [-0.05, 0) is 63.5 Å². The lowest BCUT2D eigenvalue weighted by molar-refractivity contribution is -0.143. The third-order valence-corrected chi connectivity index (χ3v) is 6.03. The highest BCUT2D eigenvalue weighted by Gasteiger charge is 2.30. The van der Waals surface area contributed by atoms with Gasteiger partial charge in [-0.3, -0.25) is 24.2 Å². The van der Waals surface area contributed by atoms with Crippen LogP contribution in [0.25, 0.3) is 0 Å². The second kappa shape index (κ2) is 19.9. The summed E-state index contributed by atoms with van der Waals surface area (Å²) >= 11 is 1.43. The molecule has 0 aromatic carbocycles. The largest absolute Gasteiger partial charge is 0.481 e. The van der Waals surface area contributed by atoms with E-state index in [-0.39, 0.29) is 38.2 Å². The molecule has 4 atom stereocenters. The van der Waals surface area contributed by atoms with Crippen LogP contribution in [0.2, 0.25) is 0 Å². The Bertz CT molecular complexity index is 811. The van der Waals surface area contributed by atoms with E-state index in [1.807, 2.05) is 6.26 Å². The molecule has 0 fully saturated rings. The number of carboxylic acid groups (broad SMARTS) is 2. The summed E-state index contributed by atoms with van der Waals surface area (Å²) in [6.07, 6.45) is 3.11. The molecule has 0 aromatic rings. The summed E-state index contributed by atoms with van der Waals surface area (Å²) in [5.41, 5.74) is 21.9. The average molecular weight is 563 g/mol. The number of nitrogens with two attached hydrogens (primary N) is 4. The topological polar surface area (TPSA) is 278 Å². The zero-order valence-electron chi connectivity index (χ0n) is 21.7. The lowest BCUT2D eigenvalue weighted by atomic mass is 10.1. The van der Waals surface area contributed by atoms with Crippen LogP contribution in [-0.2, 0) is 24.0 Å². The third-order valence-electron chi connectivity index (χ3n) is 5.39. The summed E-state index contributed by atoms with van der Waals surface area (Å²) in [7, 11) is 0. The number of unbranched alkanes of at least 4 members (excludes halogenated alkanes) is 1. The van der Waals surface area contributed by atoms with E-state index in [9.17, 15) is 29.1 Å². The molecule has 0 radical (unpaired) electrons. The maximum absolute atomic E-state index is 13.1. The van der Waals surface area contributed by atoms with Crippen LogP contribution in [0.4, 0.5) is 0 Å². The lowest BCUT2D eigenvalue weighted by Crippen LogP contribution is -2.57. The monoisotopic (exact) mass is 562 g/mol. The van der Waals surface area contributed by atoms with Gasteiger partial charge in [0, 0.05) is 13.0 Å². The molecular weight excluding hydrogens is 520 g/mol. The summed E-state index contributed by atoms with van der Waals surface area (Å²) in [6, 6.07) is -4.57. The molecule has 16 heteroatoms. The molecule has 13 N–H and O–H groups in total. The minimum Gasteiger partial charge on any atom is -0.481 e. The van der Waals surface area contributed by atoms with Gasteiger partial charge in [0.05, 0.1) is 6.04 Å². The second-order valence-electron chi connectivity index (χ2n) is 8.58. The molecular formula is C22H42N8O7S. The van der Waals surface area contributed by atoms with E-state index < -0.39 is 60.2 Å². The molecule has 38 heavy (non-hydrogen) atoms. The molecule has 3 amide bonds. The lowest BCUT2D eigenvalue weighted by Gasteiger charge is -2.25. The first-order valence-corrected chi connectivity index (χ1v) is 13.7. The van der Waals surface area contributed by atoms with E-state index in [0.717, 1.165) is 0 Å². The Morgan fingerprint density at radius 2 is 1.39 bits per heavy atom. The van der Waals surface area contributed by atoms with Crippen molar-refractivity contribution in [2.45, 2.75) is 75.5 Å². The van der Waals surface area contributed by atoms with Gasteiger partial charge in [0.25, 0.3) is 0 Å². The van der Waals surface area contributed by atoms with Gasteiger partial charge in [0.2, 0.25) is 17.7 Å². The highest BCUT2D eigenvalue weighted by molar-refractivity contribution is 7.98. The van der Waals surface area contributed by atoms with Crippen LogP contribution in [0.5, 0.6) is 0 Å². The molecule has 218 valence electrons. The van der Waals surface area contributed by atoms with E-state index in [2.05, 4.69) is 20.9 Å². The van der Waals surface area contributed by atoms with Crippen molar-refractivity contribution in [3.05, 3.63) is 0 Å². The second-order valence-corrected chi connectivity index (χ2v) is 9.56. The first-order chi connectivity index (χ1) is 17.9. The number of nitrogens with one attached hydrogen (secondary N) is 3. The van der Waals surface area contributed by atoms with Crippen LogP contribution < -0.4 is 38.9 Å². The molecule has 0 saturated heterocycles. The molecule has 0 saturated carbocycles. The number of carboxylic acids is 2. The number of thioether (sulfide) groups is 1. The average Bonchev–Trinajstić information content (AvgIpc) is 2.85.